The second-order valence-electron chi connectivity index (χ2n) is 5.04. The summed E-state index contributed by atoms with van der Waals surface area (Å²) in [5, 5.41) is 7.47. The van der Waals surface area contributed by atoms with Crippen LogP contribution in [-0.4, -0.2) is 27.7 Å². The van der Waals surface area contributed by atoms with Crippen LogP contribution in [0.1, 0.15) is 44.0 Å². The zero-order chi connectivity index (χ0) is 14.2. The minimum absolute atomic E-state index is 0.476. The zero-order valence-corrected chi connectivity index (χ0v) is 12.2. The van der Waals surface area contributed by atoms with Gasteiger partial charge in [0.2, 0.25) is 5.89 Å². The van der Waals surface area contributed by atoms with Crippen molar-refractivity contribution in [3.63, 3.8) is 0 Å². The Kier molecular flexibility index (Phi) is 5.68. The molecule has 1 N–H and O–H groups in total. The molecule has 2 rings (SSSR count). The summed E-state index contributed by atoms with van der Waals surface area (Å²) in [6.45, 7) is 5.41. The molecule has 0 saturated heterocycles. The summed E-state index contributed by atoms with van der Waals surface area (Å²) in [4.78, 5) is 8.51. The first-order chi connectivity index (χ1) is 9.78. The van der Waals surface area contributed by atoms with Crippen LogP contribution in [0.2, 0.25) is 0 Å². The van der Waals surface area contributed by atoms with E-state index in [4.69, 9.17) is 4.52 Å². The van der Waals surface area contributed by atoms with Crippen molar-refractivity contribution >= 4 is 0 Å². The quantitative estimate of drug-likeness (QED) is 0.800. The Bertz CT molecular complexity index is 498. The van der Waals surface area contributed by atoms with Crippen LogP contribution in [0.3, 0.4) is 0 Å². The number of rotatable bonds is 8. The Labute approximate surface area is 119 Å². The van der Waals surface area contributed by atoms with Crippen LogP contribution < -0.4 is 5.32 Å². The molecule has 0 fully saturated rings. The van der Waals surface area contributed by atoms with Crippen LogP contribution >= 0.6 is 0 Å². The van der Waals surface area contributed by atoms with Gasteiger partial charge in [0.25, 0.3) is 0 Å². The van der Waals surface area contributed by atoms with Crippen molar-refractivity contribution in [3.05, 3.63) is 41.8 Å². The monoisotopic (exact) mass is 274 g/mol. The Morgan fingerprint density at radius 1 is 1.40 bits per heavy atom. The molecule has 2 aromatic heterocycles. The predicted octanol–water partition coefficient (Wildman–Crippen LogP) is 2.38. The van der Waals surface area contributed by atoms with E-state index in [1.54, 1.807) is 6.20 Å². The van der Waals surface area contributed by atoms with E-state index in [0.29, 0.717) is 18.4 Å². The summed E-state index contributed by atoms with van der Waals surface area (Å²) in [5.74, 6) is 1.44. The van der Waals surface area contributed by atoms with Gasteiger partial charge >= 0.3 is 0 Å². The van der Waals surface area contributed by atoms with Gasteiger partial charge in [0.1, 0.15) is 0 Å². The molecule has 2 aromatic rings. The summed E-state index contributed by atoms with van der Waals surface area (Å²) in [6, 6.07) is 4.40. The lowest BCUT2D eigenvalue weighted by molar-refractivity contribution is 0.363. The third-order valence-corrected chi connectivity index (χ3v) is 3.13. The molecule has 0 aliphatic carbocycles. The Morgan fingerprint density at radius 3 is 3.05 bits per heavy atom. The molecule has 108 valence electrons. The highest BCUT2D eigenvalue weighted by atomic mass is 16.5. The number of nitrogens with zero attached hydrogens (tertiary/aromatic N) is 3. The van der Waals surface area contributed by atoms with Crippen molar-refractivity contribution in [2.24, 2.45) is 0 Å². The average Bonchev–Trinajstić information content (AvgIpc) is 2.91. The van der Waals surface area contributed by atoms with Gasteiger partial charge in [-0.05, 0) is 37.9 Å². The fourth-order valence-electron chi connectivity index (χ4n) is 1.98. The van der Waals surface area contributed by atoms with Crippen molar-refractivity contribution < 1.29 is 4.52 Å². The summed E-state index contributed by atoms with van der Waals surface area (Å²) in [6.07, 6.45) is 7.23. The van der Waals surface area contributed by atoms with Crippen molar-refractivity contribution in [1.82, 2.24) is 20.4 Å². The van der Waals surface area contributed by atoms with Gasteiger partial charge in [0.05, 0.1) is 0 Å². The fraction of sp³-hybridized carbons (Fsp3) is 0.533. The number of aryl methyl sites for hydroxylation is 1. The fourth-order valence-corrected chi connectivity index (χ4v) is 1.98. The topological polar surface area (TPSA) is 63.8 Å². The molecule has 2 heterocycles. The summed E-state index contributed by atoms with van der Waals surface area (Å²) >= 11 is 0. The molecule has 1 atom stereocenters. The maximum atomic E-state index is 5.28. The smallest absolute Gasteiger partial charge is 0.226 e. The highest BCUT2D eigenvalue weighted by molar-refractivity contribution is 5.13. The van der Waals surface area contributed by atoms with Crippen LogP contribution in [0.25, 0.3) is 0 Å². The molecule has 5 heteroatoms. The van der Waals surface area contributed by atoms with Gasteiger partial charge in [0.15, 0.2) is 5.82 Å². The van der Waals surface area contributed by atoms with Crippen LogP contribution in [0.4, 0.5) is 0 Å². The van der Waals surface area contributed by atoms with Crippen LogP contribution in [-0.2, 0) is 12.8 Å². The van der Waals surface area contributed by atoms with E-state index in [9.17, 15) is 0 Å². The van der Waals surface area contributed by atoms with E-state index in [1.165, 1.54) is 0 Å². The maximum Gasteiger partial charge on any atom is 0.226 e. The molecule has 0 aliphatic rings. The largest absolute Gasteiger partial charge is 0.339 e. The first-order valence-electron chi connectivity index (χ1n) is 7.21. The van der Waals surface area contributed by atoms with Gasteiger partial charge in [-0.25, -0.2) is 0 Å². The Balaban J connectivity index is 1.80. The van der Waals surface area contributed by atoms with E-state index in [-0.39, 0.29) is 0 Å². The van der Waals surface area contributed by atoms with E-state index in [0.717, 1.165) is 37.2 Å². The molecule has 0 radical (unpaired) electrons. The highest BCUT2D eigenvalue weighted by Crippen LogP contribution is 2.07. The molecule has 0 spiro atoms. The van der Waals surface area contributed by atoms with Crippen molar-refractivity contribution in [3.8, 4) is 0 Å². The van der Waals surface area contributed by atoms with Crippen LogP contribution in [0, 0.1) is 0 Å². The van der Waals surface area contributed by atoms with E-state index in [2.05, 4.69) is 34.3 Å². The molecule has 0 bridgehead atoms. The summed E-state index contributed by atoms with van der Waals surface area (Å²) < 4.78 is 5.28. The van der Waals surface area contributed by atoms with Crippen molar-refractivity contribution in [2.45, 2.75) is 45.6 Å². The van der Waals surface area contributed by atoms with Gasteiger partial charge in [-0.3, -0.25) is 4.98 Å². The zero-order valence-electron chi connectivity index (χ0n) is 12.2. The predicted molar refractivity (Wildman–Crippen MR) is 77.4 cm³/mol. The Morgan fingerprint density at radius 2 is 2.30 bits per heavy atom. The number of hydrogen-bond acceptors (Lipinski definition) is 5. The lowest BCUT2D eigenvalue weighted by Gasteiger charge is -2.10. The molecular weight excluding hydrogens is 252 g/mol. The molecular formula is C15H22N4O. The molecule has 1 unspecified atom stereocenters. The third kappa shape index (κ3) is 4.74. The van der Waals surface area contributed by atoms with Crippen LogP contribution in [0.15, 0.2) is 29.0 Å². The second-order valence-corrected chi connectivity index (χ2v) is 5.04. The van der Waals surface area contributed by atoms with Gasteiger partial charge in [-0.2, -0.15) is 4.98 Å². The van der Waals surface area contributed by atoms with Crippen LogP contribution in [0.5, 0.6) is 0 Å². The molecule has 0 aliphatic heterocycles. The highest BCUT2D eigenvalue weighted by Gasteiger charge is 2.09. The number of pyridine rings is 1. The lowest BCUT2D eigenvalue weighted by atomic mass is 10.2. The maximum absolute atomic E-state index is 5.28. The first kappa shape index (κ1) is 14.7. The standard InChI is InChI=1S/C15H22N4O/c1-3-8-17-12(2)6-7-15-18-14(19-20-15)10-13-5-4-9-16-11-13/h4-5,9,11-12,17H,3,6-8,10H2,1-2H3. The number of aromatic nitrogens is 3. The second kappa shape index (κ2) is 7.75. The summed E-state index contributed by atoms with van der Waals surface area (Å²) in [7, 11) is 0. The summed E-state index contributed by atoms with van der Waals surface area (Å²) in [5.41, 5.74) is 1.10. The normalized spacial score (nSPS) is 12.5. The molecule has 0 amide bonds. The minimum Gasteiger partial charge on any atom is -0.339 e. The van der Waals surface area contributed by atoms with E-state index < -0.39 is 0 Å². The minimum atomic E-state index is 0.476. The first-order valence-corrected chi connectivity index (χ1v) is 7.21. The molecule has 0 aromatic carbocycles. The number of hydrogen-bond donors (Lipinski definition) is 1. The van der Waals surface area contributed by atoms with Gasteiger partial charge < -0.3 is 9.84 Å². The van der Waals surface area contributed by atoms with Gasteiger partial charge in [-0.15, -0.1) is 0 Å². The lowest BCUT2D eigenvalue weighted by Crippen LogP contribution is -2.27. The third-order valence-electron chi connectivity index (χ3n) is 3.13. The van der Waals surface area contributed by atoms with Gasteiger partial charge in [-0.1, -0.05) is 18.1 Å². The molecule has 5 nitrogen and oxygen atoms in total. The van der Waals surface area contributed by atoms with E-state index >= 15 is 0 Å². The van der Waals surface area contributed by atoms with Gasteiger partial charge in [0, 0.05) is 31.3 Å². The Hall–Kier alpha value is -1.75. The van der Waals surface area contributed by atoms with Crippen molar-refractivity contribution in [1.29, 1.82) is 0 Å². The molecule has 20 heavy (non-hydrogen) atoms. The number of nitrogens with one attached hydrogen (secondary N) is 1. The van der Waals surface area contributed by atoms with Crippen molar-refractivity contribution in [2.75, 3.05) is 6.54 Å². The average molecular weight is 274 g/mol. The molecule has 0 saturated carbocycles. The van der Waals surface area contributed by atoms with E-state index in [1.807, 2.05) is 18.3 Å². The SMILES string of the molecule is CCCNC(C)CCc1nc(Cc2cccnc2)no1.